The van der Waals surface area contributed by atoms with Crippen molar-refractivity contribution in [2.75, 3.05) is 40.0 Å². The van der Waals surface area contributed by atoms with Crippen LogP contribution < -0.4 is 10.6 Å². The van der Waals surface area contributed by atoms with E-state index in [0.717, 1.165) is 7.11 Å². The molecule has 2 saturated heterocycles. The lowest BCUT2D eigenvalue weighted by Crippen LogP contribution is -2.64. The van der Waals surface area contributed by atoms with Crippen LogP contribution in [0.15, 0.2) is 0 Å². The molecule has 0 spiro atoms. The van der Waals surface area contributed by atoms with Gasteiger partial charge in [0.25, 0.3) is 0 Å². The van der Waals surface area contributed by atoms with Crippen molar-refractivity contribution in [2.24, 2.45) is 0 Å². The van der Waals surface area contributed by atoms with Gasteiger partial charge in [0.05, 0.1) is 25.4 Å². The quantitative estimate of drug-likeness (QED) is 0.0679. The van der Waals surface area contributed by atoms with Crippen molar-refractivity contribution < 1.29 is 62.8 Å². The van der Waals surface area contributed by atoms with Crippen LogP contribution in [0.2, 0.25) is 0 Å². The lowest BCUT2D eigenvalue weighted by atomic mass is 9.97. The average molecular weight is 628 g/mol. The van der Waals surface area contributed by atoms with Crippen LogP contribution in [0.5, 0.6) is 0 Å². The van der Waals surface area contributed by atoms with Crippen LogP contribution in [-0.4, -0.2) is 131 Å². The summed E-state index contributed by atoms with van der Waals surface area (Å²) in [5.74, 6) is -0.766. The van der Waals surface area contributed by atoms with Crippen LogP contribution in [-0.2, 0) is 37.5 Å². The molecule has 17 heteroatoms. The first kappa shape index (κ1) is 36.5. The van der Waals surface area contributed by atoms with Gasteiger partial charge in [0.1, 0.15) is 24.4 Å². The van der Waals surface area contributed by atoms with Crippen molar-refractivity contribution in [3.05, 3.63) is 0 Å². The first-order chi connectivity index (χ1) is 19.9. The Labute approximate surface area is 245 Å². The number of phosphoric ester groups is 1. The molecule has 0 bridgehead atoms. The first-order valence-corrected chi connectivity index (χ1v) is 15.7. The van der Waals surface area contributed by atoms with E-state index >= 15 is 0 Å². The van der Waals surface area contributed by atoms with E-state index in [1.165, 1.54) is 11.8 Å². The summed E-state index contributed by atoms with van der Waals surface area (Å²) in [6, 6.07) is -1.53. The molecule has 7 N–H and O–H groups in total. The normalized spacial score (nSPS) is 29.2. The smallest absolute Gasteiger partial charge is 0.394 e. The third-order valence-corrected chi connectivity index (χ3v) is 8.03. The molecule has 2 rings (SSSR count). The minimum Gasteiger partial charge on any atom is -0.394 e. The molecule has 0 aliphatic carbocycles. The molecule has 2 fully saturated rings. The van der Waals surface area contributed by atoms with Crippen LogP contribution in [0.1, 0.15) is 58.3 Å². The minimum absolute atomic E-state index is 0.133. The van der Waals surface area contributed by atoms with Crippen molar-refractivity contribution >= 4 is 25.5 Å². The van der Waals surface area contributed by atoms with Gasteiger partial charge in [0.2, 0.25) is 17.7 Å². The molecule has 0 aromatic carbocycles. The van der Waals surface area contributed by atoms with Crippen molar-refractivity contribution in [1.82, 2.24) is 15.5 Å². The van der Waals surface area contributed by atoms with Gasteiger partial charge in [-0.05, 0) is 32.1 Å². The number of nitrogens with one attached hydrogen (secondary N) is 2. The topological polar surface area (TPSA) is 234 Å². The Hall–Kier alpha value is -1.72. The van der Waals surface area contributed by atoms with Crippen LogP contribution in [0.25, 0.3) is 0 Å². The second kappa shape index (κ2) is 18.2. The molecule has 0 aromatic heterocycles. The summed E-state index contributed by atoms with van der Waals surface area (Å²) in [5.41, 5.74) is 0. The second-order valence-corrected chi connectivity index (χ2v) is 12.0. The Bertz CT molecular complexity index is 913. The lowest BCUT2D eigenvalue weighted by Gasteiger charge is -2.42. The monoisotopic (exact) mass is 627 g/mol. The predicted octanol–water partition coefficient (Wildman–Crippen LogP) is -1.48. The Morgan fingerprint density at radius 3 is 2.43 bits per heavy atom. The van der Waals surface area contributed by atoms with E-state index in [2.05, 4.69) is 15.2 Å². The molecule has 0 radical (unpaired) electrons. The van der Waals surface area contributed by atoms with Crippen molar-refractivity contribution in [3.8, 4) is 0 Å². The molecule has 0 aromatic rings. The van der Waals surface area contributed by atoms with E-state index in [1.54, 1.807) is 0 Å². The zero-order chi connectivity index (χ0) is 31.3. The van der Waals surface area contributed by atoms with E-state index in [0.29, 0.717) is 38.6 Å². The summed E-state index contributed by atoms with van der Waals surface area (Å²) < 4.78 is 31.9. The fourth-order valence-electron chi connectivity index (χ4n) is 4.83. The average Bonchev–Trinajstić information content (AvgIpc) is 3.33. The number of amides is 3. The number of likely N-dealkylation sites (tertiary alicyclic amines) is 1. The van der Waals surface area contributed by atoms with E-state index in [1.807, 2.05) is 0 Å². The molecule has 2 aliphatic heterocycles. The summed E-state index contributed by atoms with van der Waals surface area (Å²) in [6.45, 7) is 1.24. The maximum Gasteiger partial charge on any atom is 0.471 e. The molecule has 16 nitrogen and oxygen atoms in total. The summed E-state index contributed by atoms with van der Waals surface area (Å²) in [7, 11) is -3.13. The van der Waals surface area contributed by atoms with Gasteiger partial charge in [0.15, 0.2) is 6.29 Å². The number of β-amino-alcohol motifs (C(OH)–C–C–N with tert-alkyl or cyclic N) is 1. The van der Waals surface area contributed by atoms with Gasteiger partial charge in [-0.1, -0.05) is 6.42 Å². The number of nitrogens with zero attached hydrogens (tertiary/aromatic N) is 1. The largest absolute Gasteiger partial charge is 0.471 e. The second-order valence-electron chi connectivity index (χ2n) is 10.5. The van der Waals surface area contributed by atoms with Crippen LogP contribution in [0, 0.1) is 0 Å². The van der Waals surface area contributed by atoms with Crippen LogP contribution in [0.4, 0.5) is 0 Å². The number of unbranched alkanes of at least 4 members (excludes halogenated alkanes) is 3. The molecule has 2 heterocycles. The zero-order valence-corrected chi connectivity index (χ0v) is 25.0. The maximum absolute atomic E-state index is 12.6. The third-order valence-electron chi connectivity index (χ3n) is 7.09. The van der Waals surface area contributed by atoms with Gasteiger partial charge in [-0.25, -0.2) is 4.57 Å². The van der Waals surface area contributed by atoms with Crippen LogP contribution in [0.3, 0.4) is 0 Å². The highest BCUT2D eigenvalue weighted by Gasteiger charge is 2.45. The Morgan fingerprint density at radius 1 is 1.05 bits per heavy atom. The highest BCUT2D eigenvalue weighted by atomic mass is 31.2. The molecule has 0 saturated carbocycles. The number of carbonyl (C=O) groups is 3. The SMILES string of the molecule is COP(=O)(O)OC[C@@H]1C[C@@H](O)CN1C(=O)CCCCCNC(=O)CCCCOC1OC(CO)C(O)C(O)C1NC(C)=O. The highest BCUT2D eigenvalue weighted by Crippen LogP contribution is 2.42. The van der Waals surface area contributed by atoms with E-state index in [9.17, 15) is 44.3 Å². The number of aliphatic hydroxyl groups excluding tert-OH is 4. The molecule has 244 valence electrons. The van der Waals surface area contributed by atoms with Gasteiger partial charge in [-0.2, -0.15) is 0 Å². The number of carbonyl (C=O) groups excluding carboxylic acids is 3. The lowest BCUT2D eigenvalue weighted by molar-refractivity contribution is -0.270. The van der Waals surface area contributed by atoms with E-state index in [-0.39, 0.29) is 50.8 Å². The fourth-order valence-corrected chi connectivity index (χ4v) is 5.29. The Kier molecular flexibility index (Phi) is 15.8. The maximum atomic E-state index is 12.6. The Balaban J connectivity index is 1.57. The number of phosphoric acid groups is 1. The predicted molar refractivity (Wildman–Crippen MR) is 146 cm³/mol. The number of hydrogen-bond acceptors (Lipinski definition) is 12. The number of aliphatic hydroxyl groups is 4. The molecular formula is C25H46N3O13P. The third kappa shape index (κ3) is 12.1. The molecule has 42 heavy (non-hydrogen) atoms. The van der Waals surface area contributed by atoms with Crippen LogP contribution >= 0.6 is 7.82 Å². The minimum atomic E-state index is -4.18. The zero-order valence-electron chi connectivity index (χ0n) is 24.1. The number of hydrogen-bond donors (Lipinski definition) is 7. The standard InChI is InChI=1S/C25H46N3O13P/c1-16(30)27-22-24(35)23(34)19(14-29)41-25(22)39-11-7-5-8-20(32)26-10-6-3-4-9-21(33)28-13-18(31)12-17(28)15-40-42(36,37)38-2/h17-19,22-25,29,31,34-35H,3-15H2,1-2H3,(H,26,32)(H,27,30)(H,36,37)/t17-,18+,19?,22?,23?,24?,25?/m0/s1. The fraction of sp³-hybridized carbons (Fsp3) is 0.880. The molecule has 2 aliphatic rings. The van der Waals surface area contributed by atoms with Gasteiger partial charge in [0, 0.05) is 46.6 Å². The van der Waals surface area contributed by atoms with E-state index in [4.69, 9.17) is 14.0 Å². The van der Waals surface area contributed by atoms with E-state index < -0.39 is 63.1 Å². The first-order valence-electron chi connectivity index (χ1n) is 14.2. The molecule has 6 unspecified atom stereocenters. The van der Waals surface area contributed by atoms with Gasteiger partial charge < -0.3 is 50.3 Å². The molecular weight excluding hydrogens is 581 g/mol. The van der Waals surface area contributed by atoms with Gasteiger partial charge in [-0.3, -0.25) is 23.4 Å². The van der Waals surface area contributed by atoms with Crippen molar-refractivity contribution in [2.45, 2.75) is 101 Å². The van der Waals surface area contributed by atoms with Gasteiger partial charge in [-0.15, -0.1) is 0 Å². The highest BCUT2D eigenvalue weighted by molar-refractivity contribution is 7.47. The number of ether oxygens (including phenoxy) is 2. The van der Waals surface area contributed by atoms with Crippen molar-refractivity contribution in [1.29, 1.82) is 0 Å². The summed E-state index contributed by atoms with van der Waals surface area (Å²) in [5, 5.41) is 44.9. The molecule has 8 atom stereocenters. The molecule has 3 amide bonds. The summed E-state index contributed by atoms with van der Waals surface area (Å²) in [4.78, 5) is 47.0. The Morgan fingerprint density at radius 2 is 1.76 bits per heavy atom. The summed E-state index contributed by atoms with van der Waals surface area (Å²) in [6.07, 6.45) is -1.96. The van der Waals surface area contributed by atoms with Crippen molar-refractivity contribution in [3.63, 3.8) is 0 Å². The summed E-state index contributed by atoms with van der Waals surface area (Å²) >= 11 is 0. The van der Waals surface area contributed by atoms with Gasteiger partial charge >= 0.3 is 7.82 Å². The number of rotatable bonds is 18.